The molecule has 1 aliphatic heterocycles. The number of nitrogens with zero attached hydrogens (tertiary/aromatic N) is 1. The smallest absolute Gasteiger partial charge is 0.319 e. The van der Waals surface area contributed by atoms with Gasteiger partial charge >= 0.3 is 12.1 Å². The lowest BCUT2D eigenvalue weighted by Crippen LogP contribution is -2.46. The van der Waals surface area contributed by atoms with Gasteiger partial charge in [-0.25, -0.2) is 14.0 Å². The fourth-order valence-corrected chi connectivity index (χ4v) is 2.54. The number of rotatable bonds is 5. The van der Waals surface area contributed by atoms with Crippen LogP contribution >= 0.6 is 0 Å². The number of ether oxygens (including phenoxy) is 1. The molecule has 0 radical (unpaired) electrons. The summed E-state index contributed by atoms with van der Waals surface area (Å²) in [7, 11) is 1.58. The monoisotopic (exact) mass is 338 g/mol. The number of methoxy groups -OCH3 is 1. The van der Waals surface area contributed by atoms with Crippen molar-refractivity contribution >= 4 is 17.7 Å². The molecule has 7 nitrogen and oxygen atoms in total. The minimum absolute atomic E-state index is 0.0729. The van der Waals surface area contributed by atoms with Gasteiger partial charge in [-0.05, 0) is 37.6 Å². The number of amides is 4. The molecule has 1 aliphatic rings. The molecular formula is C16H23FN4O3. The lowest BCUT2D eigenvalue weighted by molar-refractivity contribution is 0.162. The van der Waals surface area contributed by atoms with Crippen LogP contribution in [0.2, 0.25) is 0 Å². The third kappa shape index (κ3) is 5.38. The van der Waals surface area contributed by atoms with E-state index < -0.39 is 0 Å². The molecule has 2 unspecified atom stereocenters. The van der Waals surface area contributed by atoms with Crippen LogP contribution in [0, 0.1) is 5.82 Å². The van der Waals surface area contributed by atoms with Crippen LogP contribution in [0.3, 0.4) is 0 Å². The molecule has 0 saturated carbocycles. The molecule has 8 heteroatoms. The van der Waals surface area contributed by atoms with Crippen LogP contribution in [-0.2, 0) is 4.74 Å². The van der Waals surface area contributed by atoms with Crippen molar-refractivity contribution in [2.45, 2.75) is 25.4 Å². The maximum absolute atomic E-state index is 12.8. The summed E-state index contributed by atoms with van der Waals surface area (Å²) in [6, 6.07) is 4.80. The second-order valence-corrected chi connectivity index (χ2v) is 5.84. The first-order chi connectivity index (χ1) is 11.5. The van der Waals surface area contributed by atoms with Crippen LogP contribution in [0.15, 0.2) is 24.3 Å². The third-order valence-electron chi connectivity index (χ3n) is 3.70. The van der Waals surface area contributed by atoms with Crippen LogP contribution in [0.4, 0.5) is 19.7 Å². The van der Waals surface area contributed by atoms with E-state index in [4.69, 9.17) is 4.74 Å². The minimum atomic E-state index is -0.374. The Morgan fingerprint density at radius 3 is 2.75 bits per heavy atom. The van der Waals surface area contributed by atoms with Crippen molar-refractivity contribution in [1.82, 2.24) is 15.5 Å². The first kappa shape index (κ1) is 18.0. The molecular weight excluding hydrogens is 315 g/mol. The highest BCUT2D eigenvalue weighted by Gasteiger charge is 2.27. The van der Waals surface area contributed by atoms with Crippen molar-refractivity contribution in [2.24, 2.45) is 0 Å². The van der Waals surface area contributed by atoms with Crippen molar-refractivity contribution in [3.8, 4) is 0 Å². The van der Waals surface area contributed by atoms with Gasteiger partial charge < -0.3 is 25.6 Å². The minimum Gasteiger partial charge on any atom is -0.383 e. The van der Waals surface area contributed by atoms with E-state index >= 15 is 0 Å². The number of carbonyl (C=O) groups is 2. The zero-order valence-electron chi connectivity index (χ0n) is 13.8. The van der Waals surface area contributed by atoms with Gasteiger partial charge in [-0.2, -0.15) is 0 Å². The van der Waals surface area contributed by atoms with E-state index in [1.807, 2.05) is 6.92 Å². The Kier molecular flexibility index (Phi) is 6.36. The summed E-state index contributed by atoms with van der Waals surface area (Å²) >= 11 is 0. The van der Waals surface area contributed by atoms with Gasteiger partial charge in [-0.15, -0.1) is 0 Å². The largest absolute Gasteiger partial charge is 0.383 e. The number of anilines is 1. The number of benzene rings is 1. The van der Waals surface area contributed by atoms with Crippen molar-refractivity contribution in [1.29, 1.82) is 0 Å². The Balaban J connectivity index is 1.75. The topological polar surface area (TPSA) is 82.7 Å². The molecule has 132 valence electrons. The van der Waals surface area contributed by atoms with E-state index in [0.29, 0.717) is 31.8 Å². The highest BCUT2D eigenvalue weighted by atomic mass is 19.1. The summed E-state index contributed by atoms with van der Waals surface area (Å²) in [5, 5.41) is 8.29. The second kappa shape index (κ2) is 8.49. The summed E-state index contributed by atoms with van der Waals surface area (Å²) in [6.07, 6.45) is 0.683. The first-order valence-electron chi connectivity index (χ1n) is 7.85. The fraction of sp³-hybridized carbons (Fsp3) is 0.500. The number of urea groups is 2. The molecule has 2 rings (SSSR count). The zero-order chi connectivity index (χ0) is 17.5. The Morgan fingerprint density at radius 2 is 2.08 bits per heavy atom. The number of nitrogens with one attached hydrogen (secondary N) is 3. The molecule has 0 spiro atoms. The van der Waals surface area contributed by atoms with Gasteiger partial charge in [-0.3, -0.25) is 0 Å². The SMILES string of the molecule is COCC(C)NC(=O)N1CCC(NC(=O)Nc2ccc(F)cc2)C1. The normalized spacial score (nSPS) is 18.1. The van der Waals surface area contributed by atoms with E-state index in [2.05, 4.69) is 16.0 Å². The van der Waals surface area contributed by atoms with E-state index in [-0.39, 0.29) is 30.0 Å². The maximum atomic E-state index is 12.8. The van der Waals surface area contributed by atoms with Crippen molar-refractivity contribution in [3.63, 3.8) is 0 Å². The van der Waals surface area contributed by atoms with Crippen LogP contribution in [0.25, 0.3) is 0 Å². The first-order valence-corrected chi connectivity index (χ1v) is 7.85. The van der Waals surface area contributed by atoms with E-state index in [0.717, 1.165) is 0 Å². The van der Waals surface area contributed by atoms with Gasteiger partial charge in [0.1, 0.15) is 5.82 Å². The number of halogens is 1. The number of hydrogen-bond donors (Lipinski definition) is 3. The number of carbonyl (C=O) groups excluding carboxylic acids is 2. The van der Waals surface area contributed by atoms with Crippen molar-refractivity contribution in [2.75, 3.05) is 32.1 Å². The quantitative estimate of drug-likeness (QED) is 0.765. The van der Waals surface area contributed by atoms with Crippen LogP contribution < -0.4 is 16.0 Å². The lowest BCUT2D eigenvalue weighted by Gasteiger charge is -2.21. The van der Waals surface area contributed by atoms with Gasteiger partial charge in [0.15, 0.2) is 0 Å². The van der Waals surface area contributed by atoms with Gasteiger partial charge in [0, 0.05) is 31.9 Å². The summed E-state index contributed by atoms with van der Waals surface area (Å²) in [6.45, 7) is 3.33. The average molecular weight is 338 g/mol. The van der Waals surface area contributed by atoms with E-state index in [1.54, 1.807) is 12.0 Å². The zero-order valence-corrected chi connectivity index (χ0v) is 13.8. The van der Waals surface area contributed by atoms with Gasteiger partial charge in [-0.1, -0.05) is 0 Å². The second-order valence-electron chi connectivity index (χ2n) is 5.84. The van der Waals surface area contributed by atoms with Crippen LogP contribution in [0.5, 0.6) is 0 Å². The molecule has 1 saturated heterocycles. The molecule has 0 aliphatic carbocycles. The number of likely N-dealkylation sites (tertiary alicyclic amines) is 1. The lowest BCUT2D eigenvalue weighted by atomic mass is 10.3. The Bertz CT molecular complexity index is 567. The molecule has 4 amide bonds. The maximum Gasteiger partial charge on any atom is 0.319 e. The van der Waals surface area contributed by atoms with Gasteiger partial charge in [0.05, 0.1) is 12.6 Å². The fourth-order valence-electron chi connectivity index (χ4n) is 2.54. The van der Waals surface area contributed by atoms with Crippen LogP contribution in [0.1, 0.15) is 13.3 Å². The summed E-state index contributed by atoms with van der Waals surface area (Å²) < 4.78 is 17.8. The van der Waals surface area contributed by atoms with Gasteiger partial charge in [0.25, 0.3) is 0 Å². The standard InChI is InChI=1S/C16H23FN4O3/c1-11(10-24-2)18-16(23)21-8-7-14(9-21)20-15(22)19-13-5-3-12(17)4-6-13/h3-6,11,14H,7-10H2,1-2H3,(H,18,23)(H2,19,20,22). The summed E-state index contributed by atoms with van der Waals surface area (Å²) in [5.41, 5.74) is 0.509. The Morgan fingerprint density at radius 1 is 1.38 bits per heavy atom. The van der Waals surface area contributed by atoms with Crippen LogP contribution in [-0.4, -0.2) is 55.9 Å². The molecule has 0 aromatic heterocycles. The predicted octanol–water partition coefficient (Wildman–Crippen LogP) is 1.77. The highest BCUT2D eigenvalue weighted by molar-refractivity contribution is 5.89. The van der Waals surface area contributed by atoms with E-state index in [9.17, 15) is 14.0 Å². The Hall–Kier alpha value is -2.35. The molecule has 2 atom stereocenters. The average Bonchev–Trinajstić information content (AvgIpc) is 2.98. The Labute approximate surface area is 140 Å². The summed E-state index contributed by atoms with van der Waals surface area (Å²) in [4.78, 5) is 25.7. The number of hydrogen-bond acceptors (Lipinski definition) is 3. The summed E-state index contributed by atoms with van der Waals surface area (Å²) in [5.74, 6) is -0.360. The highest BCUT2D eigenvalue weighted by Crippen LogP contribution is 2.11. The molecule has 24 heavy (non-hydrogen) atoms. The molecule has 1 aromatic carbocycles. The van der Waals surface area contributed by atoms with Crippen molar-refractivity contribution in [3.05, 3.63) is 30.1 Å². The molecule has 0 bridgehead atoms. The third-order valence-corrected chi connectivity index (χ3v) is 3.70. The van der Waals surface area contributed by atoms with E-state index in [1.165, 1.54) is 24.3 Å². The molecule has 1 aromatic rings. The predicted molar refractivity (Wildman–Crippen MR) is 88.4 cm³/mol. The van der Waals surface area contributed by atoms with Crippen molar-refractivity contribution < 1.29 is 18.7 Å². The van der Waals surface area contributed by atoms with Gasteiger partial charge in [0.2, 0.25) is 0 Å². The molecule has 1 fully saturated rings. The molecule has 1 heterocycles. The molecule has 3 N–H and O–H groups in total.